The maximum Gasteiger partial charge on any atom is 0.239 e. The van der Waals surface area contributed by atoms with Crippen LogP contribution in [0.5, 0.6) is 0 Å². The van der Waals surface area contributed by atoms with Crippen molar-refractivity contribution in [2.75, 3.05) is 26.7 Å². The first-order chi connectivity index (χ1) is 7.69. The summed E-state index contributed by atoms with van der Waals surface area (Å²) >= 11 is 0. The van der Waals surface area contributed by atoms with Crippen molar-refractivity contribution in [1.82, 2.24) is 15.5 Å². The summed E-state index contributed by atoms with van der Waals surface area (Å²) in [5, 5.41) is 5.77. The van der Waals surface area contributed by atoms with E-state index in [1.54, 1.807) is 7.05 Å². The number of carbonyl (C=O) groups is 2. The standard InChI is InChI=1S/C11H21N3O2/c1-3-9-11(16)14(8-6-13-9)7-4-5-10(15)12-2/h9,13H,3-8H2,1-2H3,(H,12,15). The van der Waals surface area contributed by atoms with Crippen LogP contribution in [0.25, 0.3) is 0 Å². The lowest BCUT2D eigenvalue weighted by molar-refractivity contribution is -0.136. The molecule has 1 heterocycles. The SMILES string of the molecule is CCC1NCCN(CCCC(=O)NC)C1=O. The van der Waals surface area contributed by atoms with Crippen LogP contribution in [0.4, 0.5) is 0 Å². The Labute approximate surface area is 96.6 Å². The van der Waals surface area contributed by atoms with E-state index < -0.39 is 0 Å². The zero-order valence-corrected chi connectivity index (χ0v) is 10.1. The molecule has 0 aromatic carbocycles. The van der Waals surface area contributed by atoms with E-state index in [0.29, 0.717) is 13.0 Å². The highest BCUT2D eigenvalue weighted by Gasteiger charge is 2.26. The lowest BCUT2D eigenvalue weighted by Gasteiger charge is -2.32. The van der Waals surface area contributed by atoms with Crippen molar-refractivity contribution in [3.63, 3.8) is 0 Å². The third-order valence-corrected chi connectivity index (χ3v) is 2.90. The molecule has 2 N–H and O–H groups in total. The van der Waals surface area contributed by atoms with Gasteiger partial charge in [0.2, 0.25) is 11.8 Å². The fourth-order valence-electron chi connectivity index (χ4n) is 1.89. The molecule has 1 aliphatic heterocycles. The summed E-state index contributed by atoms with van der Waals surface area (Å²) in [6, 6.07) is -0.0336. The molecular weight excluding hydrogens is 206 g/mol. The van der Waals surface area contributed by atoms with Crippen molar-refractivity contribution in [1.29, 1.82) is 0 Å². The van der Waals surface area contributed by atoms with Gasteiger partial charge in [-0.05, 0) is 12.8 Å². The molecule has 5 heteroatoms. The fourth-order valence-corrected chi connectivity index (χ4v) is 1.89. The molecule has 1 aliphatic rings. The second kappa shape index (κ2) is 6.48. The van der Waals surface area contributed by atoms with Crippen LogP contribution in [0, 0.1) is 0 Å². The molecule has 1 fully saturated rings. The number of carbonyl (C=O) groups excluding carboxylic acids is 2. The molecule has 0 spiro atoms. The van der Waals surface area contributed by atoms with Gasteiger partial charge in [0, 0.05) is 33.1 Å². The zero-order chi connectivity index (χ0) is 12.0. The summed E-state index contributed by atoms with van der Waals surface area (Å²) in [6.45, 7) is 4.29. The zero-order valence-electron chi connectivity index (χ0n) is 10.1. The van der Waals surface area contributed by atoms with E-state index in [4.69, 9.17) is 0 Å². The van der Waals surface area contributed by atoms with Crippen molar-refractivity contribution in [2.24, 2.45) is 0 Å². The number of rotatable bonds is 5. The van der Waals surface area contributed by atoms with Crippen LogP contribution in [0.15, 0.2) is 0 Å². The highest BCUT2D eigenvalue weighted by Crippen LogP contribution is 2.06. The molecule has 1 atom stereocenters. The number of amides is 2. The second-order valence-electron chi connectivity index (χ2n) is 4.02. The number of hydrogen-bond acceptors (Lipinski definition) is 3. The molecular formula is C11H21N3O2. The smallest absolute Gasteiger partial charge is 0.239 e. The van der Waals surface area contributed by atoms with Gasteiger partial charge in [0.05, 0.1) is 6.04 Å². The Morgan fingerprint density at radius 1 is 1.62 bits per heavy atom. The van der Waals surface area contributed by atoms with Crippen molar-refractivity contribution in [3.05, 3.63) is 0 Å². The predicted molar refractivity (Wildman–Crippen MR) is 62.0 cm³/mol. The van der Waals surface area contributed by atoms with Crippen LogP contribution < -0.4 is 10.6 Å². The molecule has 92 valence electrons. The lowest BCUT2D eigenvalue weighted by atomic mass is 10.1. The maximum atomic E-state index is 11.9. The molecule has 1 unspecified atom stereocenters. The third-order valence-electron chi connectivity index (χ3n) is 2.90. The summed E-state index contributed by atoms with van der Waals surface area (Å²) in [6.07, 6.45) is 2.05. The van der Waals surface area contributed by atoms with E-state index in [9.17, 15) is 9.59 Å². The Morgan fingerprint density at radius 2 is 2.38 bits per heavy atom. The normalized spacial score (nSPS) is 21.0. The van der Waals surface area contributed by atoms with Gasteiger partial charge in [-0.1, -0.05) is 6.92 Å². The van der Waals surface area contributed by atoms with Crippen molar-refractivity contribution < 1.29 is 9.59 Å². The Hall–Kier alpha value is -1.10. The van der Waals surface area contributed by atoms with E-state index in [-0.39, 0.29) is 17.9 Å². The Balaban J connectivity index is 2.30. The summed E-state index contributed by atoms with van der Waals surface area (Å²) in [5.41, 5.74) is 0. The van der Waals surface area contributed by atoms with Gasteiger partial charge in [-0.2, -0.15) is 0 Å². The Kier molecular flexibility index (Phi) is 5.25. The summed E-state index contributed by atoms with van der Waals surface area (Å²) in [4.78, 5) is 24.7. The van der Waals surface area contributed by atoms with Gasteiger partial charge < -0.3 is 15.5 Å². The average Bonchev–Trinajstić information content (AvgIpc) is 2.31. The average molecular weight is 227 g/mol. The van der Waals surface area contributed by atoms with Crippen LogP contribution >= 0.6 is 0 Å². The molecule has 0 bridgehead atoms. The predicted octanol–water partition coefficient (Wildman–Crippen LogP) is -0.277. The first kappa shape index (κ1) is 13.0. The van der Waals surface area contributed by atoms with Gasteiger partial charge in [-0.25, -0.2) is 0 Å². The summed E-state index contributed by atoms with van der Waals surface area (Å²) in [7, 11) is 1.63. The first-order valence-electron chi connectivity index (χ1n) is 5.91. The highest BCUT2D eigenvalue weighted by molar-refractivity contribution is 5.82. The molecule has 2 amide bonds. The minimum absolute atomic E-state index is 0.0336. The van der Waals surface area contributed by atoms with Crippen molar-refractivity contribution in [3.8, 4) is 0 Å². The molecule has 1 rings (SSSR count). The minimum atomic E-state index is -0.0336. The fraction of sp³-hybridized carbons (Fsp3) is 0.818. The van der Waals surface area contributed by atoms with E-state index in [2.05, 4.69) is 10.6 Å². The van der Waals surface area contributed by atoms with Crippen LogP contribution in [0.2, 0.25) is 0 Å². The molecule has 0 radical (unpaired) electrons. The van der Waals surface area contributed by atoms with Crippen molar-refractivity contribution >= 4 is 11.8 Å². The third kappa shape index (κ3) is 3.48. The maximum absolute atomic E-state index is 11.9. The quantitative estimate of drug-likeness (QED) is 0.679. The van der Waals surface area contributed by atoms with E-state index >= 15 is 0 Å². The van der Waals surface area contributed by atoms with Gasteiger partial charge in [0.15, 0.2) is 0 Å². The van der Waals surface area contributed by atoms with E-state index in [1.165, 1.54) is 0 Å². The highest BCUT2D eigenvalue weighted by atomic mass is 16.2. The lowest BCUT2D eigenvalue weighted by Crippen LogP contribution is -2.54. The first-order valence-corrected chi connectivity index (χ1v) is 5.91. The van der Waals surface area contributed by atoms with Crippen molar-refractivity contribution in [2.45, 2.75) is 32.2 Å². The topological polar surface area (TPSA) is 61.4 Å². The summed E-state index contributed by atoms with van der Waals surface area (Å²) in [5.74, 6) is 0.209. The molecule has 0 saturated carbocycles. The Morgan fingerprint density at radius 3 is 3.00 bits per heavy atom. The van der Waals surface area contributed by atoms with Gasteiger partial charge in [0.25, 0.3) is 0 Å². The molecule has 0 aromatic heterocycles. The van der Waals surface area contributed by atoms with Crippen LogP contribution in [-0.4, -0.2) is 49.4 Å². The molecule has 5 nitrogen and oxygen atoms in total. The number of nitrogens with one attached hydrogen (secondary N) is 2. The molecule has 0 aliphatic carbocycles. The second-order valence-corrected chi connectivity index (χ2v) is 4.02. The number of piperazine rings is 1. The van der Waals surface area contributed by atoms with Gasteiger partial charge in [-0.15, -0.1) is 0 Å². The van der Waals surface area contributed by atoms with Gasteiger partial charge in [-0.3, -0.25) is 9.59 Å². The van der Waals surface area contributed by atoms with Crippen LogP contribution in [-0.2, 0) is 9.59 Å². The Bertz CT molecular complexity index is 256. The van der Waals surface area contributed by atoms with Crippen LogP contribution in [0.1, 0.15) is 26.2 Å². The molecule has 0 aromatic rings. The van der Waals surface area contributed by atoms with E-state index in [1.807, 2.05) is 11.8 Å². The largest absolute Gasteiger partial charge is 0.359 e. The monoisotopic (exact) mass is 227 g/mol. The van der Waals surface area contributed by atoms with Gasteiger partial charge in [0.1, 0.15) is 0 Å². The van der Waals surface area contributed by atoms with Gasteiger partial charge >= 0.3 is 0 Å². The number of nitrogens with zero attached hydrogens (tertiary/aromatic N) is 1. The van der Waals surface area contributed by atoms with Crippen LogP contribution in [0.3, 0.4) is 0 Å². The molecule has 1 saturated heterocycles. The number of hydrogen-bond donors (Lipinski definition) is 2. The minimum Gasteiger partial charge on any atom is -0.359 e. The van der Waals surface area contributed by atoms with E-state index in [0.717, 1.165) is 25.9 Å². The molecule has 16 heavy (non-hydrogen) atoms. The summed E-state index contributed by atoms with van der Waals surface area (Å²) < 4.78 is 0.